The average Bonchev–Trinajstić information content (AvgIpc) is 2.26. The third kappa shape index (κ3) is 5.50. The van der Waals surface area contributed by atoms with Crippen LogP contribution in [-0.4, -0.2) is 62.2 Å². The highest BCUT2D eigenvalue weighted by molar-refractivity contribution is 4.86. The second kappa shape index (κ2) is 7.67. The van der Waals surface area contributed by atoms with Crippen molar-refractivity contribution >= 4 is 0 Å². The van der Waals surface area contributed by atoms with Gasteiger partial charge in [0.15, 0.2) is 0 Å². The molecule has 0 amide bonds. The van der Waals surface area contributed by atoms with Crippen molar-refractivity contribution in [3.63, 3.8) is 0 Å². The molecule has 16 heavy (non-hydrogen) atoms. The van der Waals surface area contributed by atoms with Gasteiger partial charge in [0, 0.05) is 45.8 Å². The summed E-state index contributed by atoms with van der Waals surface area (Å²) >= 11 is 0. The average molecular weight is 223 g/mol. The number of piperazine rings is 1. The van der Waals surface area contributed by atoms with Crippen molar-refractivity contribution in [1.82, 2.24) is 15.1 Å². The number of terminal acetylenes is 1. The van der Waals surface area contributed by atoms with E-state index in [0.29, 0.717) is 6.54 Å². The maximum absolute atomic E-state index is 5.18. The molecular weight excluding hydrogens is 198 g/mol. The number of nitrogens with one attached hydrogen (secondary N) is 1. The van der Waals surface area contributed by atoms with Gasteiger partial charge in [-0.2, -0.15) is 0 Å². The zero-order valence-corrected chi connectivity index (χ0v) is 10.7. The van der Waals surface area contributed by atoms with E-state index in [-0.39, 0.29) is 0 Å². The first kappa shape index (κ1) is 13.5. The van der Waals surface area contributed by atoms with E-state index < -0.39 is 0 Å². The van der Waals surface area contributed by atoms with Crippen molar-refractivity contribution in [3.05, 3.63) is 0 Å². The van der Waals surface area contributed by atoms with Crippen molar-refractivity contribution in [2.24, 2.45) is 5.92 Å². The molecule has 1 fully saturated rings. The molecule has 0 aromatic heterocycles. The highest BCUT2D eigenvalue weighted by Crippen LogP contribution is 2.04. The van der Waals surface area contributed by atoms with Crippen molar-refractivity contribution in [2.45, 2.75) is 13.8 Å². The van der Waals surface area contributed by atoms with Crippen LogP contribution in [0, 0.1) is 18.3 Å². The predicted molar refractivity (Wildman–Crippen MR) is 69.4 cm³/mol. The zero-order valence-electron chi connectivity index (χ0n) is 10.7. The zero-order chi connectivity index (χ0) is 11.8. The van der Waals surface area contributed by atoms with Gasteiger partial charge in [0.05, 0.1) is 6.54 Å². The Morgan fingerprint density at radius 3 is 2.38 bits per heavy atom. The molecule has 1 aliphatic heterocycles. The number of rotatable bonds is 6. The molecule has 0 spiro atoms. The summed E-state index contributed by atoms with van der Waals surface area (Å²) in [5, 5.41) is 3.23. The highest BCUT2D eigenvalue weighted by Gasteiger charge is 2.16. The molecule has 1 saturated heterocycles. The molecule has 92 valence electrons. The van der Waals surface area contributed by atoms with Crippen LogP contribution in [0.25, 0.3) is 0 Å². The third-order valence-corrected chi connectivity index (χ3v) is 2.92. The molecule has 1 heterocycles. The first-order valence-corrected chi connectivity index (χ1v) is 6.31. The fraction of sp³-hybridized carbons (Fsp3) is 0.846. The molecule has 0 radical (unpaired) electrons. The monoisotopic (exact) mass is 223 g/mol. The second-order valence-electron chi connectivity index (χ2n) is 4.92. The first-order valence-electron chi connectivity index (χ1n) is 6.31. The van der Waals surface area contributed by atoms with Crippen LogP contribution in [0.4, 0.5) is 0 Å². The fourth-order valence-corrected chi connectivity index (χ4v) is 2.11. The van der Waals surface area contributed by atoms with E-state index in [1.807, 2.05) is 0 Å². The summed E-state index contributed by atoms with van der Waals surface area (Å²) < 4.78 is 0. The number of hydrogen-bond donors (Lipinski definition) is 1. The highest BCUT2D eigenvalue weighted by atomic mass is 15.3. The molecule has 0 aromatic rings. The van der Waals surface area contributed by atoms with Crippen LogP contribution in [-0.2, 0) is 0 Å². The van der Waals surface area contributed by atoms with Gasteiger partial charge in [0.2, 0.25) is 0 Å². The molecule has 0 atom stereocenters. The lowest BCUT2D eigenvalue weighted by atomic mass is 10.2. The van der Waals surface area contributed by atoms with Crippen molar-refractivity contribution < 1.29 is 0 Å². The minimum absolute atomic E-state index is 0.688. The second-order valence-corrected chi connectivity index (χ2v) is 4.92. The molecule has 0 saturated carbocycles. The van der Waals surface area contributed by atoms with Gasteiger partial charge in [-0.3, -0.25) is 4.90 Å². The molecular formula is C13H25N3. The Labute approximate surface area is 100 Å². The minimum Gasteiger partial charge on any atom is -0.305 e. The SMILES string of the molecule is C#CCNCCN1CCN(CC(C)C)CC1. The van der Waals surface area contributed by atoms with E-state index in [1.54, 1.807) is 0 Å². The molecule has 1 N–H and O–H groups in total. The van der Waals surface area contributed by atoms with Crippen LogP contribution in [0.2, 0.25) is 0 Å². The smallest absolute Gasteiger partial charge is 0.0574 e. The Hall–Kier alpha value is -0.560. The Kier molecular flexibility index (Phi) is 6.47. The van der Waals surface area contributed by atoms with Crippen LogP contribution in [0.1, 0.15) is 13.8 Å². The van der Waals surface area contributed by atoms with E-state index in [9.17, 15) is 0 Å². The van der Waals surface area contributed by atoms with Gasteiger partial charge in [-0.05, 0) is 5.92 Å². The fourth-order valence-electron chi connectivity index (χ4n) is 2.11. The predicted octanol–water partition coefficient (Wildman–Crippen LogP) is 0.483. The Bertz CT molecular complexity index is 212. The van der Waals surface area contributed by atoms with Gasteiger partial charge in [0.25, 0.3) is 0 Å². The molecule has 0 bridgehead atoms. The van der Waals surface area contributed by atoms with Gasteiger partial charge >= 0.3 is 0 Å². The molecule has 1 rings (SSSR count). The van der Waals surface area contributed by atoms with Crippen LogP contribution in [0.5, 0.6) is 0 Å². The third-order valence-electron chi connectivity index (χ3n) is 2.92. The largest absolute Gasteiger partial charge is 0.305 e. The van der Waals surface area contributed by atoms with E-state index in [0.717, 1.165) is 19.0 Å². The van der Waals surface area contributed by atoms with Crippen molar-refractivity contribution in [2.75, 3.05) is 52.4 Å². The Morgan fingerprint density at radius 1 is 1.19 bits per heavy atom. The first-order chi connectivity index (χ1) is 7.72. The van der Waals surface area contributed by atoms with Crippen molar-refractivity contribution in [3.8, 4) is 12.3 Å². The van der Waals surface area contributed by atoms with Crippen LogP contribution >= 0.6 is 0 Å². The summed E-state index contributed by atoms with van der Waals surface area (Å²) in [7, 11) is 0. The van der Waals surface area contributed by atoms with E-state index in [2.05, 4.69) is 34.9 Å². The van der Waals surface area contributed by atoms with Crippen LogP contribution in [0.15, 0.2) is 0 Å². The summed E-state index contributed by atoms with van der Waals surface area (Å²) in [6.07, 6.45) is 5.18. The molecule has 3 heteroatoms. The quantitative estimate of drug-likeness (QED) is 0.522. The van der Waals surface area contributed by atoms with Gasteiger partial charge < -0.3 is 10.2 Å². The Balaban J connectivity index is 2.06. The summed E-state index contributed by atoms with van der Waals surface area (Å²) in [6.45, 7) is 13.5. The van der Waals surface area contributed by atoms with E-state index >= 15 is 0 Å². The summed E-state index contributed by atoms with van der Waals surface area (Å²) in [5.41, 5.74) is 0. The van der Waals surface area contributed by atoms with Crippen molar-refractivity contribution in [1.29, 1.82) is 0 Å². The summed E-state index contributed by atoms with van der Waals surface area (Å²) in [6, 6.07) is 0. The minimum atomic E-state index is 0.688. The molecule has 0 unspecified atom stereocenters. The topological polar surface area (TPSA) is 18.5 Å². The summed E-state index contributed by atoms with van der Waals surface area (Å²) in [4.78, 5) is 5.08. The van der Waals surface area contributed by atoms with E-state index in [4.69, 9.17) is 6.42 Å². The lowest BCUT2D eigenvalue weighted by Gasteiger charge is -2.35. The maximum Gasteiger partial charge on any atom is 0.0574 e. The molecule has 0 aromatic carbocycles. The molecule has 1 aliphatic rings. The number of hydrogen-bond acceptors (Lipinski definition) is 3. The lowest BCUT2D eigenvalue weighted by molar-refractivity contribution is 0.123. The summed E-state index contributed by atoms with van der Waals surface area (Å²) in [5.74, 6) is 3.38. The van der Waals surface area contributed by atoms with Gasteiger partial charge in [0.1, 0.15) is 0 Å². The van der Waals surface area contributed by atoms with Crippen LogP contribution < -0.4 is 5.32 Å². The number of nitrogens with zero attached hydrogens (tertiary/aromatic N) is 2. The normalized spacial score (nSPS) is 18.9. The maximum atomic E-state index is 5.18. The van der Waals surface area contributed by atoms with Gasteiger partial charge in [-0.15, -0.1) is 6.42 Å². The molecule has 0 aliphatic carbocycles. The van der Waals surface area contributed by atoms with Gasteiger partial charge in [-0.25, -0.2) is 0 Å². The van der Waals surface area contributed by atoms with E-state index in [1.165, 1.54) is 32.7 Å². The Morgan fingerprint density at radius 2 is 1.81 bits per heavy atom. The standard InChI is InChI=1S/C13H25N3/c1-4-5-14-6-7-15-8-10-16(11-9-15)12-13(2)3/h1,13-14H,5-12H2,2-3H3. The van der Waals surface area contributed by atoms with Crippen LogP contribution in [0.3, 0.4) is 0 Å². The van der Waals surface area contributed by atoms with Gasteiger partial charge in [-0.1, -0.05) is 19.8 Å². The lowest BCUT2D eigenvalue weighted by Crippen LogP contribution is -2.48. The molecule has 3 nitrogen and oxygen atoms in total.